The smallest absolute Gasteiger partial charge is 0.408 e. The molecule has 192 valence electrons. The number of hydrogen-bond acceptors (Lipinski definition) is 6. The van der Waals surface area contributed by atoms with Crippen LogP contribution >= 0.6 is 11.8 Å². The molecule has 2 saturated heterocycles. The first-order chi connectivity index (χ1) is 16.9. The number of amides is 2. The molecule has 3 atom stereocenters. The Balaban J connectivity index is 1.65. The third-order valence-electron chi connectivity index (χ3n) is 5.82. The molecule has 2 amide bonds. The lowest BCUT2D eigenvalue weighted by molar-refractivity contribution is -0.119. The average Bonchev–Trinajstić information content (AvgIpc) is 3.23. The minimum Gasteiger partial charge on any atom is -0.444 e. The van der Waals surface area contributed by atoms with E-state index in [0.717, 1.165) is 16.8 Å². The van der Waals surface area contributed by atoms with Crippen molar-refractivity contribution in [3.8, 4) is 0 Å². The van der Waals surface area contributed by atoms with Crippen molar-refractivity contribution in [2.75, 3.05) is 16.4 Å². The molecule has 0 aliphatic carbocycles. The molecule has 2 aromatic rings. The molecule has 0 aromatic heterocycles. The molecule has 0 radical (unpaired) electrons. The van der Waals surface area contributed by atoms with Gasteiger partial charge in [0.15, 0.2) is 15.0 Å². The van der Waals surface area contributed by atoms with Crippen LogP contribution in [-0.4, -0.2) is 60.0 Å². The third-order valence-corrected chi connectivity index (χ3v) is 9.03. The zero-order chi connectivity index (χ0) is 26.1. The van der Waals surface area contributed by atoms with Gasteiger partial charge in [-0.05, 0) is 51.0 Å². The Bertz CT molecular complexity index is 1270. The number of ether oxygens (including phenoxy) is 1. The zero-order valence-corrected chi connectivity index (χ0v) is 22.4. The number of sulfone groups is 1. The van der Waals surface area contributed by atoms with Crippen molar-refractivity contribution < 1.29 is 22.7 Å². The summed E-state index contributed by atoms with van der Waals surface area (Å²) in [5.41, 5.74) is 1.95. The summed E-state index contributed by atoms with van der Waals surface area (Å²) in [4.78, 5) is 32.3. The maximum Gasteiger partial charge on any atom is 0.408 e. The van der Waals surface area contributed by atoms with Gasteiger partial charge in [-0.2, -0.15) is 4.99 Å². The Hall–Kier alpha value is -2.85. The first-order valence-electron chi connectivity index (χ1n) is 11.8. The number of carbonyl (C=O) groups excluding carboxylic acids is 2. The van der Waals surface area contributed by atoms with Gasteiger partial charge in [0.25, 0.3) is 5.91 Å². The van der Waals surface area contributed by atoms with E-state index in [1.807, 2.05) is 66.4 Å². The maximum atomic E-state index is 13.5. The zero-order valence-electron chi connectivity index (χ0n) is 20.8. The predicted molar refractivity (Wildman–Crippen MR) is 143 cm³/mol. The van der Waals surface area contributed by atoms with Crippen LogP contribution in [0, 0.1) is 6.92 Å². The molecule has 0 saturated carbocycles. The number of rotatable bonds is 5. The molecule has 2 aliphatic rings. The molecule has 0 spiro atoms. The van der Waals surface area contributed by atoms with Crippen LogP contribution in [0.1, 0.15) is 31.9 Å². The number of nitrogens with zero attached hydrogens (tertiary/aromatic N) is 2. The summed E-state index contributed by atoms with van der Waals surface area (Å²) in [5, 5.41) is 2.91. The number of fused-ring (bicyclic) bond motifs is 1. The van der Waals surface area contributed by atoms with Crippen LogP contribution in [0.25, 0.3) is 0 Å². The van der Waals surface area contributed by atoms with Crippen molar-refractivity contribution in [3.05, 3.63) is 65.7 Å². The van der Waals surface area contributed by atoms with E-state index in [0.29, 0.717) is 5.17 Å². The van der Waals surface area contributed by atoms with Crippen molar-refractivity contribution in [2.24, 2.45) is 4.99 Å². The molecule has 0 unspecified atom stereocenters. The molecule has 4 rings (SSSR count). The van der Waals surface area contributed by atoms with Gasteiger partial charge in [-0.25, -0.2) is 13.2 Å². The van der Waals surface area contributed by atoms with Gasteiger partial charge in [0, 0.05) is 17.4 Å². The quantitative estimate of drug-likeness (QED) is 0.629. The number of amidine groups is 1. The first-order valence-corrected chi connectivity index (χ1v) is 14.5. The number of aliphatic imine (C=N–C) groups is 1. The molecular weight excluding hydrogens is 498 g/mol. The largest absolute Gasteiger partial charge is 0.444 e. The number of benzene rings is 2. The second-order valence-electron chi connectivity index (χ2n) is 10.1. The fourth-order valence-corrected chi connectivity index (χ4v) is 8.24. The molecule has 2 heterocycles. The van der Waals surface area contributed by atoms with E-state index >= 15 is 0 Å². The Morgan fingerprint density at radius 2 is 1.86 bits per heavy atom. The van der Waals surface area contributed by atoms with Crippen LogP contribution in [0.4, 0.5) is 10.5 Å². The number of carbonyl (C=O) groups is 2. The summed E-state index contributed by atoms with van der Waals surface area (Å²) in [6.07, 6.45) is -0.457. The van der Waals surface area contributed by atoms with Crippen LogP contribution in [0.3, 0.4) is 0 Å². The van der Waals surface area contributed by atoms with Gasteiger partial charge in [-0.3, -0.25) is 4.79 Å². The van der Waals surface area contributed by atoms with Gasteiger partial charge in [0.1, 0.15) is 11.6 Å². The highest BCUT2D eigenvalue weighted by Gasteiger charge is 2.49. The van der Waals surface area contributed by atoms with E-state index in [1.54, 1.807) is 20.8 Å². The van der Waals surface area contributed by atoms with Crippen molar-refractivity contribution in [1.82, 2.24) is 5.32 Å². The number of aryl methyl sites for hydroxylation is 1. The van der Waals surface area contributed by atoms with Gasteiger partial charge in [0.05, 0.1) is 17.5 Å². The van der Waals surface area contributed by atoms with Crippen LogP contribution in [0.15, 0.2) is 59.6 Å². The van der Waals surface area contributed by atoms with E-state index < -0.39 is 33.5 Å². The van der Waals surface area contributed by atoms with Gasteiger partial charge in [-0.15, -0.1) is 0 Å². The number of alkyl carbamates (subject to hydrolysis) is 1. The van der Waals surface area contributed by atoms with Gasteiger partial charge in [0.2, 0.25) is 0 Å². The Labute approximate surface area is 216 Å². The maximum absolute atomic E-state index is 13.5. The average molecular weight is 530 g/mol. The topological polar surface area (TPSA) is 105 Å². The number of nitrogens with one attached hydrogen (secondary N) is 1. The minimum absolute atomic E-state index is 0.00935. The second-order valence-corrected chi connectivity index (χ2v) is 13.5. The molecule has 2 fully saturated rings. The fraction of sp³-hybridized carbons (Fsp3) is 0.423. The van der Waals surface area contributed by atoms with E-state index in [2.05, 4.69) is 10.3 Å². The Morgan fingerprint density at radius 3 is 2.53 bits per heavy atom. The first kappa shape index (κ1) is 26.2. The SMILES string of the molecule is Cc1cccc(N2C(=NC(=O)[C@@H](Cc3ccccc3)NC(=O)OC(C)(C)C)S[C@H]3CS(=O)(=O)C[C@H]32)c1. The highest BCUT2D eigenvalue weighted by atomic mass is 32.2. The minimum atomic E-state index is -3.17. The number of hydrogen-bond donors (Lipinski definition) is 1. The van der Waals surface area contributed by atoms with Crippen molar-refractivity contribution in [3.63, 3.8) is 0 Å². The van der Waals surface area contributed by atoms with E-state index in [1.165, 1.54) is 11.8 Å². The van der Waals surface area contributed by atoms with E-state index in [9.17, 15) is 18.0 Å². The van der Waals surface area contributed by atoms with Crippen LogP contribution in [0.2, 0.25) is 0 Å². The molecule has 1 N–H and O–H groups in total. The molecule has 10 heteroatoms. The summed E-state index contributed by atoms with van der Waals surface area (Å²) in [7, 11) is -3.17. The van der Waals surface area contributed by atoms with Gasteiger partial charge in [-0.1, -0.05) is 54.2 Å². The predicted octanol–water partition coefficient (Wildman–Crippen LogP) is 3.73. The lowest BCUT2D eigenvalue weighted by Gasteiger charge is -2.25. The Morgan fingerprint density at radius 1 is 1.14 bits per heavy atom. The summed E-state index contributed by atoms with van der Waals surface area (Å²) < 4.78 is 30.1. The summed E-state index contributed by atoms with van der Waals surface area (Å²) in [6, 6.07) is 15.8. The van der Waals surface area contributed by atoms with Crippen molar-refractivity contribution in [2.45, 2.75) is 57.1 Å². The second kappa shape index (κ2) is 10.3. The lowest BCUT2D eigenvalue weighted by Crippen LogP contribution is -2.45. The lowest BCUT2D eigenvalue weighted by atomic mass is 10.1. The number of thioether (sulfide) groups is 1. The molecule has 2 aromatic carbocycles. The van der Waals surface area contributed by atoms with Gasteiger partial charge >= 0.3 is 6.09 Å². The molecule has 8 nitrogen and oxygen atoms in total. The Kier molecular flexibility index (Phi) is 7.47. The fourth-order valence-electron chi connectivity index (χ4n) is 4.32. The molecule has 0 bridgehead atoms. The monoisotopic (exact) mass is 529 g/mol. The van der Waals surface area contributed by atoms with Crippen LogP contribution < -0.4 is 10.2 Å². The highest BCUT2D eigenvalue weighted by Crippen LogP contribution is 2.41. The highest BCUT2D eigenvalue weighted by molar-refractivity contribution is 8.16. The summed E-state index contributed by atoms with van der Waals surface area (Å²) >= 11 is 1.31. The molecule has 36 heavy (non-hydrogen) atoms. The van der Waals surface area contributed by atoms with Crippen LogP contribution in [-0.2, 0) is 25.8 Å². The molecule has 2 aliphatic heterocycles. The van der Waals surface area contributed by atoms with Gasteiger partial charge < -0.3 is 15.0 Å². The van der Waals surface area contributed by atoms with E-state index in [4.69, 9.17) is 4.74 Å². The van der Waals surface area contributed by atoms with Crippen molar-refractivity contribution >= 4 is 44.5 Å². The number of anilines is 1. The molecular formula is C26H31N3O5S2. The standard InChI is InChI=1S/C26H31N3O5S2/c1-17-9-8-12-19(13-17)29-21-15-36(32,33)16-22(21)35-24(29)28-23(30)20(14-18-10-6-5-7-11-18)27-25(31)34-26(2,3)4/h5-13,20-22H,14-16H2,1-4H3,(H,27,31)/t20-,21-,22+/m1/s1. The third kappa shape index (κ3) is 6.47. The normalized spacial score (nSPS) is 22.8. The summed E-state index contributed by atoms with van der Waals surface area (Å²) in [5.74, 6) is -0.468. The summed E-state index contributed by atoms with van der Waals surface area (Å²) in [6.45, 7) is 7.21. The van der Waals surface area contributed by atoms with E-state index in [-0.39, 0.29) is 29.2 Å². The van der Waals surface area contributed by atoms with Crippen LogP contribution in [0.5, 0.6) is 0 Å². The van der Waals surface area contributed by atoms with Crippen molar-refractivity contribution in [1.29, 1.82) is 0 Å².